The number of nitrogens with one attached hydrogen (secondary N) is 1. The van der Waals surface area contributed by atoms with Crippen molar-refractivity contribution in [2.45, 2.75) is 19.4 Å². The molecule has 0 fully saturated rings. The van der Waals surface area contributed by atoms with Crippen LogP contribution in [0.5, 0.6) is 0 Å². The third-order valence-corrected chi connectivity index (χ3v) is 1.99. The zero-order chi connectivity index (χ0) is 11.3. The number of nitriles is 2. The molecule has 1 atom stereocenters. The van der Waals surface area contributed by atoms with E-state index in [1.54, 1.807) is 0 Å². The molecule has 1 rings (SSSR count). The average molecular weight is 203 g/mol. The Balaban J connectivity index is 2.89. The van der Waals surface area contributed by atoms with Crippen LogP contribution in [0.4, 0.5) is 10.1 Å². The smallest absolute Gasteiger partial charge is 0.147 e. The quantitative estimate of drug-likeness (QED) is 0.820. The van der Waals surface area contributed by atoms with E-state index < -0.39 is 11.9 Å². The van der Waals surface area contributed by atoms with Gasteiger partial charge in [-0.25, -0.2) is 4.39 Å². The highest BCUT2D eigenvalue weighted by Gasteiger charge is 2.08. The zero-order valence-electron chi connectivity index (χ0n) is 8.29. The SMILES string of the molecule is CCC(C#N)Nc1ccc(C#N)cc1F. The first-order chi connectivity index (χ1) is 7.21. The molecule has 1 N–H and O–H groups in total. The van der Waals surface area contributed by atoms with Crippen LogP contribution >= 0.6 is 0 Å². The molecule has 0 amide bonds. The summed E-state index contributed by atoms with van der Waals surface area (Å²) in [7, 11) is 0. The minimum absolute atomic E-state index is 0.252. The molecule has 3 nitrogen and oxygen atoms in total. The first kappa shape index (κ1) is 11.0. The lowest BCUT2D eigenvalue weighted by atomic mass is 10.2. The van der Waals surface area contributed by atoms with Crippen molar-refractivity contribution in [3.05, 3.63) is 29.6 Å². The summed E-state index contributed by atoms with van der Waals surface area (Å²) in [6.07, 6.45) is 0.593. The van der Waals surface area contributed by atoms with Crippen molar-refractivity contribution >= 4 is 5.69 Å². The van der Waals surface area contributed by atoms with Gasteiger partial charge in [-0.05, 0) is 24.6 Å². The summed E-state index contributed by atoms with van der Waals surface area (Å²) in [6, 6.07) is 7.57. The summed E-state index contributed by atoms with van der Waals surface area (Å²) in [6.45, 7) is 1.84. The van der Waals surface area contributed by atoms with Crippen LogP contribution < -0.4 is 5.32 Å². The van der Waals surface area contributed by atoms with E-state index in [2.05, 4.69) is 5.32 Å². The van der Waals surface area contributed by atoms with Gasteiger partial charge in [0, 0.05) is 0 Å². The Kier molecular flexibility index (Phi) is 3.65. The Bertz CT molecular complexity index is 428. The number of halogens is 1. The lowest BCUT2D eigenvalue weighted by Gasteiger charge is -2.11. The van der Waals surface area contributed by atoms with Gasteiger partial charge in [-0.15, -0.1) is 0 Å². The molecular weight excluding hydrogens is 193 g/mol. The predicted octanol–water partition coefficient (Wildman–Crippen LogP) is 2.41. The summed E-state index contributed by atoms with van der Waals surface area (Å²) in [5.41, 5.74) is 0.519. The van der Waals surface area contributed by atoms with Gasteiger partial charge >= 0.3 is 0 Å². The van der Waals surface area contributed by atoms with E-state index in [0.29, 0.717) is 6.42 Å². The van der Waals surface area contributed by atoms with Crippen LogP contribution in [0.15, 0.2) is 18.2 Å². The van der Waals surface area contributed by atoms with Crippen LogP contribution in [-0.2, 0) is 0 Å². The number of rotatable bonds is 3. The third kappa shape index (κ3) is 2.69. The number of benzene rings is 1. The second-order valence-corrected chi connectivity index (χ2v) is 3.04. The Morgan fingerprint density at radius 1 is 1.47 bits per heavy atom. The number of nitrogens with zero attached hydrogens (tertiary/aromatic N) is 2. The van der Waals surface area contributed by atoms with E-state index >= 15 is 0 Å². The van der Waals surface area contributed by atoms with Gasteiger partial charge in [-0.2, -0.15) is 10.5 Å². The Labute approximate surface area is 87.8 Å². The molecule has 0 aromatic heterocycles. The van der Waals surface area contributed by atoms with Gasteiger partial charge in [-0.3, -0.25) is 0 Å². The van der Waals surface area contributed by atoms with Crippen molar-refractivity contribution in [2.75, 3.05) is 5.32 Å². The zero-order valence-corrected chi connectivity index (χ0v) is 8.29. The molecule has 0 spiro atoms. The molecule has 1 aromatic carbocycles. The number of hydrogen-bond donors (Lipinski definition) is 1. The van der Waals surface area contributed by atoms with Crippen molar-refractivity contribution in [1.82, 2.24) is 0 Å². The van der Waals surface area contributed by atoms with E-state index in [9.17, 15) is 4.39 Å². The summed E-state index contributed by atoms with van der Waals surface area (Å²) in [5.74, 6) is -0.511. The topological polar surface area (TPSA) is 59.6 Å². The molecule has 76 valence electrons. The second kappa shape index (κ2) is 4.97. The van der Waals surface area contributed by atoms with Crippen LogP contribution in [0, 0.1) is 28.5 Å². The van der Waals surface area contributed by atoms with Crippen molar-refractivity contribution < 1.29 is 4.39 Å². The van der Waals surface area contributed by atoms with E-state index in [1.165, 1.54) is 12.1 Å². The van der Waals surface area contributed by atoms with Gasteiger partial charge in [0.25, 0.3) is 0 Å². The van der Waals surface area contributed by atoms with Crippen LogP contribution in [0.3, 0.4) is 0 Å². The normalized spacial score (nSPS) is 11.2. The Morgan fingerprint density at radius 2 is 2.20 bits per heavy atom. The van der Waals surface area contributed by atoms with Gasteiger partial charge in [-0.1, -0.05) is 6.92 Å². The van der Waals surface area contributed by atoms with Crippen molar-refractivity contribution in [3.8, 4) is 12.1 Å². The first-order valence-electron chi connectivity index (χ1n) is 4.57. The molecule has 0 aliphatic rings. The van der Waals surface area contributed by atoms with Crippen molar-refractivity contribution in [2.24, 2.45) is 0 Å². The lowest BCUT2D eigenvalue weighted by Crippen LogP contribution is -2.16. The van der Waals surface area contributed by atoms with Gasteiger partial charge in [0.2, 0.25) is 0 Å². The molecule has 0 bridgehead atoms. The monoisotopic (exact) mass is 203 g/mol. The summed E-state index contributed by atoms with van der Waals surface area (Å²) in [4.78, 5) is 0. The highest BCUT2D eigenvalue weighted by Crippen LogP contribution is 2.16. The molecule has 0 radical (unpaired) electrons. The standard InChI is InChI=1S/C11H10FN3/c1-2-9(7-14)15-11-4-3-8(6-13)5-10(11)12/h3-5,9,15H,2H2,1H3. The van der Waals surface area contributed by atoms with E-state index in [0.717, 1.165) is 6.07 Å². The fourth-order valence-corrected chi connectivity index (χ4v) is 1.12. The van der Waals surface area contributed by atoms with Crippen LogP contribution in [0.25, 0.3) is 0 Å². The maximum atomic E-state index is 13.3. The lowest BCUT2D eigenvalue weighted by molar-refractivity contribution is 0.627. The van der Waals surface area contributed by atoms with Gasteiger partial charge in [0.15, 0.2) is 0 Å². The van der Waals surface area contributed by atoms with Crippen LogP contribution in [0.2, 0.25) is 0 Å². The summed E-state index contributed by atoms with van der Waals surface area (Å²) >= 11 is 0. The minimum Gasteiger partial charge on any atom is -0.367 e. The minimum atomic E-state index is -0.511. The fourth-order valence-electron chi connectivity index (χ4n) is 1.12. The Hall–Kier alpha value is -2.07. The van der Waals surface area contributed by atoms with E-state index in [1.807, 2.05) is 19.1 Å². The molecule has 1 aromatic rings. The first-order valence-corrected chi connectivity index (χ1v) is 4.57. The highest BCUT2D eigenvalue weighted by atomic mass is 19.1. The largest absolute Gasteiger partial charge is 0.367 e. The van der Waals surface area contributed by atoms with Gasteiger partial charge in [0.1, 0.15) is 11.9 Å². The molecule has 0 aliphatic carbocycles. The van der Waals surface area contributed by atoms with Crippen LogP contribution in [-0.4, -0.2) is 6.04 Å². The summed E-state index contributed by atoms with van der Waals surface area (Å²) < 4.78 is 13.3. The number of hydrogen-bond acceptors (Lipinski definition) is 3. The molecular formula is C11H10FN3. The Morgan fingerprint density at radius 3 is 2.67 bits per heavy atom. The predicted molar refractivity (Wildman–Crippen MR) is 54.4 cm³/mol. The van der Waals surface area contributed by atoms with Crippen molar-refractivity contribution in [1.29, 1.82) is 10.5 Å². The molecule has 15 heavy (non-hydrogen) atoms. The highest BCUT2D eigenvalue weighted by molar-refractivity contribution is 5.50. The molecule has 0 saturated carbocycles. The number of anilines is 1. The second-order valence-electron chi connectivity index (χ2n) is 3.04. The fraction of sp³-hybridized carbons (Fsp3) is 0.273. The van der Waals surface area contributed by atoms with E-state index in [4.69, 9.17) is 10.5 Å². The average Bonchev–Trinajstić information content (AvgIpc) is 2.27. The molecule has 1 unspecified atom stereocenters. The van der Waals surface area contributed by atoms with Gasteiger partial charge < -0.3 is 5.32 Å². The van der Waals surface area contributed by atoms with Crippen LogP contribution in [0.1, 0.15) is 18.9 Å². The molecule has 0 heterocycles. The molecule has 4 heteroatoms. The maximum Gasteiger partial charge on any atom is 0.147 e. The third-order valence-electron chi connectivity index (χ3n) is 1.99. The molecule has 0 saturated heterocycles. The summed E-state index contributed by atoms with van der Waals surface area (Å²) in [5, 5.41) is 20.0. The van der Waals surface area contributed by atoms with E-state index in [-0.39, 0.29) is 11.3 Å². The van der Waals surface area contributed by atoms with Gasteiger partial charge in [0.05, 0.1) is 23.4 Å². The molecule has 0 aliphatic heterocycles. The van der Waals surface area contributed by atoms with Crippen molar-refractivity contribution in [3.63, 3.8) is 0 Å². The maximum absolute atomic E-state index is 13.3.